The Bertz CT molecular complexity index is 1050. The normalized spacial score (nSPS) is 10.8. The van der Waals surface area contributed by atoms with E-state index in [0.29, 0.717) is 45.8 Å². The first-order valence-corrected chi connectivity index (χ1v) is 7.97. The standard InChI is InChI=1S/C19H16N4O3/c1-11-16(17(23-26-11)12-6-4-3-5-7-12)19-22-21-18(25-19)13-8-9-14(20)15(10-13)24-2/h3-10H,20H2,1-2H3. The number of hydrogen-bond acceptors (Lipinski definition) is 7. The molecule has 0 radical (unpaired) electrons. The molecule has 4 rings (SSSR count). The van der Waals surface area contributed by atoms with Gasteiger partial charge in [0.2, 0.25) is 5.89 Å². The van der Waals surface area contributed by atoms with Crippen LogP contribution in [0.25, 0.3) is 34.2 Å². The van der Waals surface area contributed by atoms with Gasteiger partial charge in [-0.2, -0.15) is 0 Å². The van der Waals surface area contributed by atoms with E-state index < -0.39 is 0 Å². The number of methoxy groups -OCH3 is 1. The fraction of sp³-hybridized carbons (Fsp3) is 0.105. The van der Waals surface area contributed by atoms with Crippen LogP contribution in [0.4, 0.5) is 5.69 Å². The highest BCUT2D eigenvalue weighted by Crippen LogP contribution is 2.35. The lowest BCUT2D eigenvalue weighted by Crippen LogP contribution is -1.92. The van der Waals surface area contributed by atoms with Gasteiger partial charge >= 0.3 is 0 Å². The summed E-state index contributed by atoms with van der Waals surface area (Å²) in [5.41, 5.74) is 9.35. The minimum Gasteiger partial charge on any atom is -0.495 e. The molecule has 0 unspecified atom stereocenters. The average molecular weight is 348 g/mol. The van der Waals surface area contributed by atoms with Crippen molar-refractivity contribution in [2.75, 3.05) is 12.8 Å². The maximum absolute atomic E-state index is 5.88. The summed E-state index contributed by atoms with van der Waals surface area (Å²) >= 11 is 0. The molecule has 0 aliphatic rings. The third-order valence-electron chi connectivity index (χ3n) is 4.03. The highest BCUT2D eigenvalue weighted by atomic mass is 16.5. The van der Waals surface area contributed by atoms with E-state index in [2.05, 4.69) is 15.4 Å². The van der Waals surface area contributed by atoms with E-state index in [0.717, 1.165) is 5.56 Å². The van der Waals surface area contributed by atoms with Gasteiger partial charge in [-0.15, -0.1) is 10.2 Å². The molecule has 7 nitrogen and oxygen atoms in total. The Hall–Kier alpha value is -3.61. The first-order chi connectivity index (χ1) is 12.7. The number of rotatable bonds is 4. The zero-order chi connectivity index (χ0) is 18.1. The van der Waals surface area contributed by atoms with Crippen LogP contribution in [0.5, 0.6) is 5.75 Å². The van der Waals surface area contributed by atoms with Crippen molar-refractivity contribution < 1.29 is 13.7 Å². The van der Waals surface area contributed by atoms with Crippen LogP contribution < -0.4 is 10.5 Å². The van der Waals surface area contributed by atoms with Crippen molar-refractivity contribution in [2.24, 2.45) is 0 Å². The van der Waals surface area contributed by atoms with Gasteiger partial charge in [0.05, 0.1) is 12.8 Å². The Kier molecular flexibility index (Phi) is 3.89. The van der Waals surface area contributed by atoms with Gasteiger partial charge in [0.1, 0.15) is 22.8 Å². The van der Waals surface area contributed by atoms with Crippen molar-refractivity contribution in [2.45, 2.75) is 6.92 Å². The smallest absolute Gasteiger partial charge is 0.254 e. The number of nitrogens with zero attached hydrogens (tertiary/aromatic N) is 3. The number of anilines is 1. The van der Waals surface area contributed by atoms with Gasteiger partial charge in [-0.05, 0) is 25.1 Å². The maximum Gasteiger partial charge on any atom is 0.254 e. The van der Waals surface area contributed by atoms with E-state index in [-0.39, 0.29) is 0 Å². The number of ether oxygens (including phenoxy) is 1. The molecule has 0 bridgehead atoms. The van der Waals surface area contributed by atoms with Gasteiger partial charge in [-0.3, -0.25) is 0 Å². The quantitative estimate of drug-likeness (QED) is 0.557. The Morgan fingerprint density at radius 2 is 1.73 bits per heavy atom. The molecular formula is C19H16N4O3. The molecule has 7 heteroatoms. The number of nitrogens with two attached hydrogens (primary N) is 1. The Balaban J connectivity index is 1.77. The van der Waals surface area contributed by atoms with Crippen molar-refractivity contribution in [3.63, 3.8) is 0 Å². The largest absolute Gasteiger partial charge is 0.495 e. The topological polar surface area (TPSA) is 100 Å². The fourth-order valence-electron chi connectivity index (χ4n) is 2.70. The second kappa shape index (κ2) is 6.36. The van der Waals surface area contributed by atoms with Crippen LogP contribution in [0.3, 0.4) is 0 Å². The first-order valence-electron chi connectivity index (χ1n) is 7.97. The van der Waals surface area contributed by atoms with Crippen molar-refractivity contribution in [3.8, 4) is 39.9 Å². The zero-order valence-electron chi connectivity index (χ0n) is 14.3. The number of benzene rings is 2. The van der Waals surface area contributed by atoms with Gasteiger partial charge in [0.15, 0.2) is 0 Å². The molecule has 2 N–H and O–H groups in total. The molecule has 2 heterocycles. The molecule has 0 aliphatic carbocycles. The van der Waals surface area contributed by atoms with Crippen LogP contribution in [-0.4, -0.2) is 22.5 Å². The predicted molar refractivity (Wildman–Crippen MR) is 96.4 cm³/mol. The van der Waals surface area contributed by atoms with Crippen LogP contribution in [0.2, 0.25) is 0 Å². The molecule has 26 heavy (non-hydrogen) atoms. The molecule has 0 saturated heterocycles. The zero-order valence-corrected chi connectivity index (χ0v) is 14.3. The van der Waals surface area contributed by atoms with Gasteiger partial charge in [0, 0.05) is 11.1 Å². The van der Waals surface area contributed by atoms with Gasteiger partial charge in [0.25, 0.3) is 5.89 Å². The number of aryl methyl sites for hydroxylation is 1. The lowest BCUT2D eigenvalue weighted by molar-refractivity contribution is 0.399. The van der Waals surface area contributed by atoms with Crippen molar-refractivity contribution in [1.29, 1.82) is 0 Å². The highest BCUT2D eigenvalue weighted by molar-refractivity contribution is 5.78. The van der Waals surface area contributed by atoms with Crippen molar-refractivity contribution in [1.82, 2.24) is 15.4 Å². The van der Waals surface area contributed by atoms with Gasteiger partial charge < -0.3 is 19.4 Å². The van der Waals surface area contributed by atoms with Gasteiger partial charge in [-0.1, -0.05) is 35.5 Å². The highest BCUT2D eigenvalue weighted by Gasteiger charge is 2.22. The van der Waals surface area contributed by atoms with Crippen LogP contribution in [0, 0.1) is 6.92 Å². The van der Waals surface area contributed by atoms with E-state index in [1.165, 1.54) is 0 Å². The average Bonchev–Trinajstić information content (AvgIpc) is 3.29. The summed E-state index contributed by atoms with van der Waals surface area (Å²) in [7, 11) is 1.56. The molecule has 0 spiro atoms. The van der Waals surface area contributed by atoms with Crippen LogP contribution >= 0.6 is 0 Å². The molecule has 0 fully saturated rings. The second-order valence-electron chi connectivity index (χ2n) is 5.70. The summed E-state index contributed by atoms with van der Waals surface area (Å²) in [5, 5.41) is 12.5. The summed E-state index contributed by atoms with van der Waals surface area (Å²) in [5.74, 6) is 1.86. The molecule has 2 aromatic carbocycles. The van der Waals surface area contributed by atoms with Crippen LogP contribution in [0.15, 0.2) is 57.5 Å². The molecule has 4 aromatic rings. The van der Waals surface area contributed by atoms with E-state index >= 15 is 0 Å². The van der Waals surface area contributed by atoms with E-state index in [1.807, 2.05) is 37.3 Å². The molecule has 2 aromatic heterocycles. The van der Waals surface area contributed by atoms with E-state index in [4.69, 9.17) is 19.4 Å². The second-order valence-corrected chi connectivity index (χ2v) is 5.70. The summed E-state index contributed by atoms with van der Waals surface area (Å²) in [6, 6.07) is 15.0. The fourth-order valence-corrected chi connectivity index (χ4v) is 2.70. The predicted octanol–water partition coefficient (Wildman–Crippen LogP) is 3.96. The number of hydrogen-bond donors (Lipinski definition) is 1. The van der Waals surface area contributed by atoms with Gasteiger partial charge in [-0.25, -0.2) is 0 Å². The Labute approximate surface area is 149 Å². The Morgan fingerprint density at radius 3 is 2.50 bits per heavy atom. The van der Waals surface area contributed by atoms with Crippen LogP contribution in [0.1, 0.15) is 5.76 Å². The van der Waals surface area contributed by atoms with E-state index in [9.17, 15) is 0 Å². The molecule has 0 atom stereocenters. The molecular weight excluding hydrogens is 332 g/mol. The molecule has 0 aliphatic heterocycles. The van der Waals surface area contributed by atoms with Crippen LogP contribution in [-0.2, 0) is 0 Å². The summed E-state index contributed by atoms with van der Waals surface area (Å²) in [6.07, 6.45) is 0. The SMILES string of the molecule is COc1cc(-c2nnc(-c3c(-c4ccccc4)noc3C)o2)ccc1N. The minimum absolute atomic E-state index is 0.341. The number of aromatic nitrogens is 3. The summed E-state index contributed by atoms with van der Waals surface area (Å²) < 4.78 is 16.5. The minimum atomic E-state index is 0.341. The van der Waals surface area contributed by atoms with Crippen molar-refractivity contribution >= 4 is 5.69 Å². The summed E-state index contributed by atoms with van der Waals surface area (Å²) in [4.78, 5) is 0. The molecule has 130 valence electrons. The lowest BCUT2D eigenvalue weighted by Gasteiger charge is -2.04. The third kappa shape index (κ3) is 2.69. The van der Waals surface area contributed by atoms with Crippen molar-refractivity contribution in [3.05, 3.63) is 54.3 Å². The molecule has 0 saturated carbocycles. The lowest BCUT2D eigenvalue weighted by atomic mass is 10.1. The third-order valence-corrected chi connectivity index (χ3v) is 4.03. The maximum atomic E-state index is 5.88. The number of nitrogen functional groups attached to an aromatic ring is 1. The monoisotopic (exact) mass is 348 g/mol. The molecule has 0 amide bonds. The van der Waals surface area contributed by atoms with E-state index in [1.54, 1.807) is 25.3 Å². The first kappa shape index (κ1) is 15.9. The Morgan fingerprint density at radius 1 is 0.962 bits per heavy atom. The summed E-state index contributed by atoms with van der Waals surface area (Å²) in [6.45, 7) is 1.81.